The fourth-order valence-corrected chi connectivity index (χ4v) is 1.30. The Balaban J connectivity index is 3.67. The number of ether oxygens (including phenoxy) is 1. The van der Waals surface area contributed by atoms with Crippen LogP contribution in [-0.4, -0.2) is 7.11 Å². The lowest BCUT2D eigenvalue weighted by molar-refractivity contribution is 0.330. The van der Waals surface area contributed by atoms with Crippen LogP contribution in [0.5, 0.6) is 0 Å². The van der Waals surface area contributed by atoms with Crippen LogP contribution < -0.4 is 0 Å². The van der Waals surface area contributed by atoms with Crippen LogP contribution in [0.15, 0.2) is 24.5 Å². The molecule has 0 saturated carbocycles. The Morgan fingerprint density at radius 3 is 2.62 bits per heavy atom. The van der Waals surface area contributed by atoms with Crippen molar-refractivity contribution in [3.8, 4) is 0 Å². The van der Waals surface area contributed by atoms with Crippen LogP contribution in [0.2, 0.25) is 0 Å². The zero-order valence-electron chi connectivity index (χ0n) is 9.01. The van der Waals surface area contributed by atoms with E-state index in [0.29, 0.717) is 0 Å². The van der Waals surface area contributed by atoms with E-state index >= 15 is 0 Å². The van der Waals surface area contributed by atoms with Gasteiger partial charge in [0.2, 0.25) is 0 Å². The van der Waals surface area contributed by atoms with Crippen molar-refractivity contribution in [2.45, 2.75) is 45.4 Å². The Kier molecular flexibility index (Phi) is 8.85. The van der Waals surface area contributed by atoms with Gasteiger partial charge in [0.1, 0.15) is 0 Å². The quantitative estimate of drug-likeness (QED) is 0.312. The van der Waals surface area contributed by atoms with Crippen molar-refractivity contribution < 1.29 is 4.74 Å². The Morgan fingerprint density at radius 2 is 2.08 bits per heavy atom. The maximum atomic E-state index is 5.04. The van der Waals surface area contributed by atoms with E-state index in [1.54, 1.807) is 7.11 Å². The van der Waals surface area contributed by atoms with Crippen LogP contribution in [0.1, 0.15) is 45.4 Å². The summed E-state index contributed by atoms with van der Waals surface area (Å²) in [5.41, 5.74) is 1.41. The van der Waals surface area contributed by atoms with E-state index in [2.05, 4.69) is 13.5 Å². The van der Waals surface area contributed by atoms with Gasteiger partial charge >= 0.3 is 0 Å². The fourth-order valence-electron chi connectivity index (χ4n) is 1.30. The molecule has 0 saturated heterocycles. The van der Waals surface area contributed by atoms with E-state index in [-0.39, 0.29) is 0 Å². The normalized spacial score (nSPS) is 11.4. The average Bonchev–Trinajstić information content (AvgIpc) is 2.14. The first kappa shape index (κ1) is 12.3. The molecule has 0 radical (unpaired) electrons. The third-order valence-electron chi connectivity index (χ3n) is 2.06. The Bertz CT molecular complexity index is 147. The lowest BCUT2D eigenvalue weighted by Crippen LogP contribution is -1.86. The van der Waals surface area contributed by atoms with Gasteiger partial charge in [-0.2, -0.15) is 0 Å². The Labute approximate surface area is 82.5 Å². The molecule has 0 aliphatic heterocycles. The third kappa shape index (κ3) is 7.63. The molecule has 0 heterocycles. The molecule has 1 nitrogen and oxygen atoms in total. The van der Waals surface area contributed by atoms with Crippen molar-refractivity contribution in [1.29, 1.82) is 0 Å². The van der Waals surface area contributed by atoms with Crippen molar-refractivity contribution in [2.24, 2.45) is 0 Å². The van der Waals surface area contributed by atoms with Gasteiger partial charge in [-0.1, -0.05) is 25.8 Å². The van der Waals surface area contributed by atoms with Gasteiger partial charge < -0.3 is 4.74 Å². The largest absolute Gasteiger partial charge is 0.504 e. The van der Waals surface area contributed by atoms with E-state index in [9.17, 15) is 0 Å². The van der Waals surface area contributed by atoms with Crippen LogP contribution in [0.3, 0.4) is 0 Å². The summed E-state index contributed by atoms with van der Waals surface area (Å²) >= 11 is 0. The monoisotopic (exact) mass is 182 g/mol. The molecule has 13 heavy (non-hydrogen) atoms. The van der Waals surface area contributed by atoms with Gasteiger partial charge in [0.05, 0.1) is 13.4 Å². The molecular weight excluding hydrogens is 160 g/mol. The number of allylic oxidation sites excluding steroid dienone is 2. The number of hydrogen-bond acceptors (Lipinski definition) is 1. The smallest absolute Gasteiger partial charge is 0.0816 e. The molecule has 76 valence electrons. The van der Waals surface area contributed by atoms with Crippen LogP contribution >= 0.6 is 0 Å². The van der Waals surface area contributed by atoms with Gasteiger partial charge in [-0.15, -0.1) is 6.58 Å². The van der Waals surface area contributed by atoms with Crippen molar-refractivity contribution >= 4 is 0 Å². The summed E-state index contributed by atoms with van der Waals surface area (Å²) in [5.74, 6) is 0. The molecule has 0 atom stereocenters. The van der Waals surface area contributed by atoms with Gasteiger partial charge in [-0.3, -0.25) is 0 Å². The average molecular weight is 182 g/mol. The molecule has 0 aliphatic rings. The highest BCUT2D eigenvalue weighted by atomic mass is 16.5. The second kappa shape index (κ2) is 9.37. The minimum absolute atomic E-state index is 1.06. The van der Waals surface area contributed by atoms with Crippen LogP contribution in [0, 0.1) is 0 Å². The number of methoxy groups -OCH3 is 1. The maximum absolute atomic E-state index is 5.04. The first-order valence-corrected chi connectivity index (χ1v) is 5.16. The van der Waals surface area contributed by atoms with Crippen molar-refractivity contribution in [2.75, 3.05) is 7.11 Å². The molecule has 0 aromatic heterocycles. The van der Waals surface area contributed by atoms with E-state index in [0.717, 1.165) is 12.8 Å². The van der Waals surface area contributed by atoms with Crippen molar-refractivity contribution in [3.05, 3.63) is 24.5 Å². The topological polar surface area (TPSA) is 9.23 Å². The van der Waals surface area contributed by atoms with Crippen molar-refractivity contribution in [1.82, 2.24) is 0 Å². The molecular formula is C12H22O. The summed E-state index contributed by atoms with van der Waals surface area (Å²) in [6, 6.07) is 0. The summed E-state index contributed by atoms with van der Waals surface area (Å²) in [6.07, 6.45) is 11.1. The summed E-state index contributed by atoms with van der Waals surface area (Å²) < 4.78 is 5.04. The van der Waals surface area contributed by atoms with E-state index in [4.69, 9.17) is 4.74 Å². The van der Waals surface area contributed by atoms with Gasteiger partial charge in [-0.05, 0) is 31.3 Å². The second-order valence-corrected chi connectivity index (χ2v) is 3.30. The summed E-state index contributed by atoms with van der Waals surface area (Å²) in [6.45, 7) is 5.95. The number of hydrogen-bond donors (Lipinski definition) is 0. The molecule has 0 spiro atoms. The summed E-state index contributed by atoms with van der Waals surface area (Å²) in [7, 11) is 1.72. The number of rotatable bonds is 8. The summed E-state index contributed by atoms with van der Waals surface area (Å²) in [5, 5.41) is 0. The molecule has 0 amide bonds. The highest BCUT2D eigenvalue weighted by Gasteiger charge is 1.96. The SMILES string of the molecule is C=CCC/C(=C\OC)CCCCC. The van der Waals surface area contributed by atoms with Crippen LogP contribution in [-0.2, 0) is 4.74 Å². The predicted molar refractivity (Wildman–Crippen MR) is 58.7 cm³/mol. The highest BCUT2D eigenvalue weighted by molar-refractivity contribution is 4.99. The van der Waals surface area contributed by atoms with E-state index in [1.807, 2.05) is 12.3 Å². The first-order chi connectivity index (χ1) is 6.35. The molecule has 0 unspecified atom stereocenters. The van der Waals surface area contributed by atoms with Gasteiger partial charge in [0, 0.05) is 0 Å². The molecule has 0 fully saturated rings. The van der Waals surface area contributed by atoms with Gasteiger partial charge in [0.15, 0.2) is 0 Å². The molecule has 0 aromatic rings. The molecule has 0 aromatic carbocycles. The third-order valence-corrected chi connectivity index (χ3v) is 2.06. The lowest BCUT2D eigenvalue weighted by atomic mass is 10.0. The molecule has 0 rings (SSSR count). The highest BCUT2D eigenvalue weighted by Crippen LogP contribution is 2.14. The fraction of sp³-hybridized carbons (Fsp3) is 0.667. The van der Waals surface area contributed by atoms with E-state index in [1.165, 1.54) is 31.3 Å². The minimum Gasteiger partial charge on any atom is -0.504 e. The zero-order chi connectivity index (χ0) is 9.94. The maximum Gasteiger partial charge on any atom is 0.0816 e. The number of unbranched alkanes of at least 4 members (excludes halogenated alkanes) is 2. The van der Waals surface area contributed by atoms with Gasteiger partial charge in [0.25, 0.3) is 0 Å². The first-order valence-electron chi connectivity index (χ1n) is 5.16. The van der Waals surface area contributed by atoms with Crippen LogP contribution in [0.4, 0.5) is 0 Å². The second-order valence-electron chi connectivity index (χ2n) is 3.30. The standard InChI is InChI=1S/C12H22O/c1-4-6-8-10-12(11-13-3)9-7-5-2/h5,11H,2,4,6-10H2,1,3H3/b12-11+. The minimum atomic E-state index is 1.06. The zero-order valence-corrected chi connectivity index (χ0v) is 9.01. The van der Waals surface area contributed by atoms with E-state index < -0.39 is 0 Å². The lowest BCUT2D eigenvalue weighted by Gasteiger charge is -2.04. The Morgan fingerprint density at radius 1 is 1.31 bits per heavy atom. The summed E-state index contributed by atoms with van der Waals surface area (Å²) in [4.78, 5) is 0. The van der Waals surface area contributed by atoms with Crippen LogP contribution in [0.25, 0.3) is 0 Å². The molecule has 1 heteroatoms. The predicted octanol–water partition coefficient (Wildman–Crippen LogP) is 4.06. The Hall–Kier alpha value is -0.720. The molecule has 0 N–H and O–H groups in total. The van der Waals surface area contributed by atoms with Gasteiger partial charge in [-0.25, -0.2) is 0 Å². The van der Waals surface area contributed by atoms with Crippen molar-refractivity contribution in [3.63, 3.8) is 0 Å². The molecule has 0 aliphatic carbocycles. The molecule has 0 bridgehead atoms.